The van der Waals surface area contributed by atoms with Gasteiger partial charge in [-0.2, -0.15) is 0 Å². The molecule has 0 amide bonds. The third kappa shape index (κ3) is 2.81. The molecule has 0 aromatic heterocycles. The summed E-state index contributed by atoms with van der Waals surface area (Å²) in [6.07, 6.45) is 1.47. The van der Waals surface area contributed by atoms with Crippen molar-refractivity contribution in [1.82, 2.24) is 0 Å². The zero-order valence-corrected chi connectivity index (χ0v) is 8.15. The maximum atomic E-state index is 10.6. The van der Waals surface area contributed by atoms with Crippen LogP contribution < -0.4 is 0 Å². The molecule has 0 aliphatic carbocycles. The SMILES string of the molecule is O=[N+]([O-])c1ccccc1C=NCCCl. The average molecular weight is 213 g/mol. The number of rotatable bonds is 4. The summed E-state index contributed by atoms with van der Waals surface area (Å²) in [4.78, 5) is 14.1. The van der Waals surface area contributed by atoms with Crippen LogP contribution in [0.2, 0.25) is 0 Å². The van der Waals surface area contributed by atoms with Gasteiger partial charge in [0, 0.05) is 18.2 Å². The minimum Gasteiger partial charge on any atom is -0.291 e. The highest BCUT2D eigenvalue weighted by Crippen LogP contribution is 2.15. The van der Waals surface area contributed by atoms with E-state index in [1.54, 1.807) is 18.2 Å². The summed E-state index contributed by atoms with van der Waals surface area (Å²) < 4.78 is 0. The number of alkyl halides is 1. The molecule has 0 unspecified atom stereocenters. The summed E-state index contributed by atoms with van der Waals surface area (Å²) in [6, 6.07) is 6.45. The van der Waals surface area contributed by atoms with Crippen molar-refractivity contribution in [3.8, 4) is 0 Å². The molecule has 4 nitrogen and oxygen atoms in total. The lowest BCUT2D eigenvalue weighted by atomic mass is 10.2. The normalized spacial score (nSPS) is 10.6. The molecule has 1 aromatic carbocycles. The van der Waals surface area contributed by atoms with Gasteiger partial charge < -0.3 is 0 Å². The van der Waals surface area contributed by atoms with Gasteiger partial charge in [0.15, 0.2) is 0 Å². The third-order valence-corrected chi connectivity index (χ3v) is 1.75. The molecule has 1 rings (SSSR count). The standard InChI is InChI=1S/C9H9ClN2O2/c10-5-6-11-7-8-3-1-2-4-9(8)12(13)14/h1-4,7H,5-6H2. The van der Waals surface area contributed by atoms with E-state index in [9.17, 15) is 10.1 Å². The molecule has 74 valence electrons. The molecule has 14 heavy (non-hydrogen) atoms. The summed E-state index contributed by atoms with van der Waals surface area (Å²) in [5, 5.41) is 10.6. The van der Waals surface area contributed by atoms with Crippen LogP contribution in [0.15, 0.2) is 29.3 Å². The summed E-state index contributed by atoms with van der Waals surface area (Å²) in [5.41, 5.74) is 0.563. The first-order chi connectivity index (χ1) is 6.75. The fourth-order valence-electron chi connectivity index (χ4n) is 0.975. The lowest BCUT2D eigenvalue weighted by molar-refractivity contribution is -0.385. The van der Waals surface area contributed by atoms with Gasteiger partial charge in [0.05, 0.1) is 17.0 Å². The summed E-state index contributed by atoms with van der Waals surface area (Å²) in [5.74, 6) is 0.414. The minimum absolute atomic E-state index is 0.0609. The van der Waals surface area contributed by atoms with E-state index in [1.807, 2.05) is 0 Å². The topological polar surface area (TPSA) is 55.5 Å². The molecular formula is C9H9ClN2O2. The molecule has 1 aromatic rings. The number of aliphatic imine (C=N–C) groups is 1. The van der Waals surface area contributed by atoms with E-state index in [2.05, 4.69) is 4.99 Å². The maximum Gasteiger partial charge on any atom is 0.278 e. The Hall–Kier alpha value is -1.42. The lowest BCUT2D eigenvalue weighted by Crippen LogP contribution is -1.94. The van der Waals surface area contributed by atoms with Crippen molar-refractivity contribution in [2.24, 2.45) is 4.99 Å². The first-order valence-corrected chi connectivity index (χ1v) is 4.58. The van der Waals surface area contributed by atoms with Gasteiger partial charge in [-0.3, -0.25) is 15.1 Å². The van der Waals surface area contributed by atoms with Crippen molar-refractivity contribution in [2.45, 2.75) is 0 Å². The molecule has 0 saturated heterocycles. The smallest absolute Gasteiger partial charge is 0.278 e. The number of hydrogen-bond donors (Lipinski definition) is 0. The van der Waals surface area contributed by atoms with Crippen molar-refractivity contribution >= 4 is 23.5 Å². The Labute approximate surface area is 86.4 Å². The minimum atomic E-state index is -0.429. The number of nitro groups is 1. The number of benzene rings is 1. The van der Waals surface area contributed by atoms with Crippen molar-refractivity contribution < 1.29 is 4.92 Å². The second-order valence-electron chi connectivity index (χ2n) is 2.54. The summed E-state index contributed by atoms with van der Waals surface area (Å²) >= 11 is 5.42. The van der Waals surface area contributed by atoms with Gasteiger partial charge in [-0.05, 0) is 6.07 Å². The van der Waals surface area contributed by atoms with Gasteiger partial charge in [-0.1, -0.05) is 12.1 Å². The highest BCUT2D eigenvalue weighted by Gasteiger charge is 2.09. The molecule has 5 heteroatoms. The summed E-state index contributed by atoms with van der Waals surface area (Å²) in [7, 11) is 0. The van der Waals surface area contributed by atoms with Gasteiger partial charge in [0.2, 0.25) is 0 Å². The third-order valence-electron chi connectivity index (χ3n) is 1.58. The molecular weight excluding hydrogens is 204 g/mol. The van der Waals surface area contributed by atoms with Crippen molar-refractivity contribution in [3.63, 3.8) is 0 Å². The lowest BCUT2D eigenvalue weighted by Gasteiger charge is -1.95. The molecule has 0 atom stereocenters. The largest absolute Gasteiger partial charge is 0.291 e. The summed E-state index contributed by atoms with van der Waals surface area (Å²) in [6.45, 7) is 0.466. The van der Waals surface area contributed by atoms with Crippen LogP contribution >= 0.6 is 11.6 Å². The fourth-order valence-corrected chi connectivity index (χ4v) is 1.07. The van der Waals surface area contributed by atoms with Crippen LogP contribution in [0.25, 0.3) is 0 Å². The predicted octanol–water partition coefficient (Wildman–Crippen LogP) is 2.25. The van der Waals surface area contributed by atoms with Crippen LogP contribution in [-0.2, 0) is 0 Å². The monoisotopic (exact) mass is 212 g/mol. The van der Waals surface area contributed by atoms with E-state index in [-0.39, 0.29) is 5.69 Å². The van der Waals surface area contributed by atoms with Gasteiger partial charge in [-0.25, -0.2) is 0 Å². The van der Waals surface area contributed by atoms with Crippen LogP contribution in [0.5, 0.6) is 0 Å². The predicted molar refractivity (Wildman–Crippen MR) is 56.3 cm³/mol. The van der Waals surface area contributed by atoms with E-state index >= 15 is 0 Å². The Bertz CT molecular complexity index is 352. The number of halogens is 1. The Morgan fingerprint density at radius 1 is 1.50 bits per heavy atom. The zero-order chi connectivity index (χ0) is 10.4. The van der Waals surface area contributed by atoms with Crippen LogP contribution in [0, 0.1) is 10.1 Å². The molecule has 0 fully saturated rings. The van der Waals surface area contributed by atoms with E-state index in [0.717, 1.165) is 0 Å². The first kappa shape index (κ1) is 10.7. The van der Waals surface area contributed by atoms with Gasteiger partial charge in [0.25, 0.3) is 5.69 Å². The Kier molecular flexibility index (Phi) is 4.07. The van der Waals surface area contributed by atoms with Crippen LogP contribution in [0.1, 0.15) is 5.56 Å². The maximum absolute atomic E-state index is 10.6. The van der Waals surface area contributed by atoms with E-state index < -0.39 is 4.92 Å². The highest BCUT2D eigenvalue weighted by molar-refractivity contribution is 6.18. The van der Waals surface area contributed by atoms with Crippen LogP contribution in [-0.4, -0.2) is 23.6 Å². The van der Waals surface area contributed by atoms with Crippen molar-refractivity contribution in [3.05, 3.63) is 39.9 Å². The highest BCUT2D eigenvalue weighted by atomic mass is 35.5. The fraction of sp³-hybridized carbons (Fsp3) is 0.222. The van der Waals surface area contributed by atoms with Gasteiger partial charge in [0.1, 0.15) is 0 Å². The molecule has 0 spiro atoms. The second-order valence-corrected chi connectivity index (χ2v) is 2.92. The average Bonchev–Trinajstić information content (AvgIpc) is 2.19. The second kappa shape index (κ2) is 5.34. The van der Waals surface area contributed by atoms with Crippen molar-refractivity contribution in [1.29, 1.82) is 0 Å². The Morgan fingerprint density at radius 2 is 2.21 bits per heavy atom. The molecule has 0 aliphatic rings. The number of nitrogens with zero attached hydrogens (tertiary/aromatic N) is 2. The molecule has 0 radical (unpaired) electrons. The quantitative estimate of drug-likeness (QED) is 0.333. The number of para-hydroxylation sites is 1. The van der Waals surface area contributed by atoms with Gasteiger partial charge >= 0.3 is 0 Å². The first-order valence-electron chi connectivity index (χ1n) is 4.05. The zero-order valence-electron chi connectivity index (χ0n) is 7.39. The number of nitro benzene ring substituents is 1. The van der Waals surface area contributed by atoms with E-state index in [4.69, 9.17) is 11.6 Å². The van der Waals surface area contributed by atoms with Crippen molar-refractivity contribution in [2.75, 3.05) is 12.4 Å². The van der Waals surface area contributed by atoms with Crippen LogP contribution in [0.4, 0.5) is 5.69 Å². The molecule has 0 bridgehead atoms. The molecule has 0 N–H and O–H groups in total. The molecule has 0 heterocycles. The Balaban J connectivity index is 2.90. The number of hydrogen-bond acceptors (Lipinski definition) is 3. The van der Waals surface area contributed by atoms with Crippen LogP contribution in [0.3, 0.4) is 0 Å². The molecule has 0 saturated carbocycles. The van der Waals surface area contributed by atoms with E-state index in [1.165, 1.54) is 12.3 Å². The van der Waals surface area contributed by atoms with Gasteiger partial charge in [-0.15, -0.1) is 11.6 Å². The molecule has 0 aliphatic heterocycles. The van der Waals surface area contributed by atoms with E-state index in [0.29, 0.717) is 18.0 Å². The Morgan fingerprint density at radius 3 is 2.86 bits per heavy atom.